The van der Waals surface area contributed by atoms with E-state index >= 15 is 0 Å². The van der Waals surface area contributed by atoms with E-state index in [1.54, 1.807) is 0 Å². The second-order valence-corrected chi connectivity index (χ2v) is 18.0. The lowest BCUT2D eigenvalue weighted by atomic mass is 9.99. The average molecular weight is 873 g/mol. The zero-order valence-electron chi connectivity index (χ0n) is 38.2. The van der Waals surface area contributed by atoms with Gasteiger partial charge in [-0.05, 0) is 98.5 Å². The topological polar surface area (TPSA) is 72.3 Å². The molecule has 6 nitrogen and oxygen atoms in total. The van der Waals surface area contributed by atoms with Crippen molar-refractivity contribution in [3.05, 3.63) is 222 Å². The molecule has 9 aromatic carbocycles. The van der Waals surface area contributed by atoms with Gasteiger partial charge in [0.15, 0.2) is 17.5 Å². The van der Waals surface area contributed by atoms with E-state index < -0.39 is 0 Å². The molecule has 0 atom stereocenters. The highest BCUT2D eigenvalue weighted by molar-refractivity contribution is 6.13. The molecule has 0 fully saturated rings. The fraction of sp³-hybridized carbons (Fsp3) is 0.0645. The van der Waals surface area contributed by atoms with Crippen molar-refractivity contribution >= 4 is 43.6 Å². The van der Waals surface area contributed by atoms with Crippen molar-refractivity contribution in [2.45, 2.75) is 27.7 Å². The molecule has 68 heavy (non-hydrogen) atoms. The van der Waals surface area contributed by atoms with Crippen LogP contribution in [0.2, 0.25) is 0 Å². The third-order valence-corrected chi connectivity index (χ3v) is 13.1. The minimum Gasteiger partial charge on any atom is -0.308 e. The molecule has 0 saturated heterocycles. The first-order valence-electron chi connectivity index (χ1n) is 23.0. The fourth-order valence-corrected chi connectivity index (χ4v) is 10.3. The Kier molecular flexibility index (Phi) is 9.67. The Morgan fingerprint density at radius 3 is 1.15 bits per heavy atom. The van der Waals surface area contributed by atoms with Gasteiger partial charge in [0, 0.05) is 32.7 Å². The van der Waals surface area contributed by atoms with E-state index in [1.807, 2.05) is 72.8 Å². The Balaban J connectivity index is 1.22. The Labute approximate surface area is 394 Å². The molecule has 0 aliphatic rings. The van der Waals surface area contributed by atoms with Crippen molar-refractivity contribution in [2.24, 2.45) is 0 Å². The number of nitrogens with zero attached hydrogens (tertiary/aromatic N) is 6. The lowest BCUT2D eigenvalue weighted by Crippen LogP contribution is -2.08. The molecule has 6 heteroatoms. The van der Waals surface area contributed by atoms with Gasteiger partial charge in [-0.3, -0.25) is 0 Å². The van der Waals surface area contributed by atoms with Gasteiger partial charge in [0.1, 0.15) is 0 Å². The predicted octanol–water partition coefficient (Wildman–Crippen LogP) is 15.5. The average Bonchev–Trinajstić information content (AvgIpc) is 3.88. The summed E-state index contributed by atoms with van der Waals surface area (Å²) in [4.78, 5) is 16.0. The molecule has 12 rings (SSSR count). The molecular weight excluding hydrogens is 829 g/mol. The summed E-state index contributed by atoms with van der Waals surface area (Å²) in [5, 5.41) is 15.5. The quantitative estimate of drug-likeness (QED) is 0.160. The minimum atomic E-state index is 0.489. The first-order valence-corrected chi connectivity index (χ1v) is 23.0. The van der Waals surface area contributed by atoms with Crippen molar-refractivity contribution in [3.8, 4) is 73.9 Å². The van der Waals surface area contributed by atoms with Crippen LogP contribution in [0.15, 0.2) is 194 Å². The monoisotopic (exact) mass is 872 g/mol. The van der Waals surface area contributed by atoms with Crippen LogP contribution in [-0.4, -0.2) is 24.1 Å². The summed E-state index contributed by atoms with van der Waals surface area (Å²) in [5.74, 6) is 1.59. The summed E-state index contributed by atoms with van der Waals surface area (Å²) in [5.41, 5.74) is 18.1. The smallest absolute Gasteiger partial charge is 0.168 e. The summed E-state index contributed by atoms with van der Waals surface area (Å²) in [7, 11) is 0. The van der Waals surface area contributed by atoms with E-state index in [2.05, 4.69) is 164 Å². The highest BCUT2D eigenvalue weighted by Crippen LogP contribution is 2.44. The van der Waals surface area contributed by atoms with Crippen LogP contribution in [0.4, 0.5) is 0 Å². The SMILES string of the molecule is Cc1cc(C)cc(-c2ccc3c(c2)c2ccccc2n3-c2cc(C#N)cc(-n3c4ccccc4c4cc(-c5cc(C)cc(C)c5)ccc43)c2-c2nc(-c3ccccc3)nc(-c3ccccc3)n2)c1. The summed E-state index contributed by atoms with van der Waals surface area (Å²) in [6, 6.07) is 70.8. The first-order chi connectivity index (χ1) is 33.3. The lowest BCUT2D eigenvalue weighted by Gasteiger charge is -2.20. The second-order valence-electron chi connectivity index (χ2n) is 18.0. The van der Waals surface area contributed by atoms with Crippen LogP contribution in [-0.2, 0) is 0 Å². The van der Waals surface area contributed by atoms with Crippen LogP contribution in [0.3, 0.4) is 0 Å². The molecule has 0 radical (unpaired) electrons. The van der Waals surface area contributed by atoms with Gasteiger partial charge >= 0.3 is 0 Å². The maximum atomic E-state index is 11.1. The fourth-order valence-electron chi connectivity index (χ4n) is 10.3. The predicted molar refractivity (Wildman–Crippen MR) is 279 cm³/mol. The van der Waals surface area contributed by atoms with E-state index in [1.165, 1.54) is 33.4 Å². The van der Waals surface area contributed by atoms with Crippen LogP contribution in [0.5, 0.6) is 0 Å². The van der Waals surface area contributed by atoms with Gasteiger partial charge in [-0.25, -0.2) is 15.0 Å². The molecule has 0 bridgehead atoms. The Morgan fingerprint density at radius 1 is 0.338 bits per heavy atom. The molecule has 0 amide bonds. The van der Waals surface area contributed by atoms with E-state index in [0.717, 1.165) is 82.8 Å². The maximum absolute atomic E-state index is 11.1. The van der Waals surface area contributed by atoms with Gasteiger partial charge in [0.2, 0.25) is 0 Å². The molecule has 0 aliphatic heterocycles. The van der Waals surface area contributed by atoms with Gasteiger partial charge < -0.3 is 9.13 Å². The molecule has 3 heterocycles. The molecule has 0 spiro atoms. The van der Waals surface area contributed by atoms with Crippen molar-refractivity contribution < 1.29 is 0 Å². The van der Waals surface area contributed by atoms with Crippen LogP contribution < -0.4 is 0 Å². The molecule has 0 saturated carbocycles. The van der Waals surface area contributed by atoms with Crippen molar-refractivity contribution in [1.29, 1.82) is 5.26 Å². The van der Waals surface area contributed by atoms with Crippen LogP contribution in [0, 0.1) is 39.0 Å². The van der Waals surface area contributed by atoms with E-state index in [9.17, 15) is 5.26 Å². The molecular formula is C62H44N6. The number of nitriles is 1. The van der Waals surface area contributed by atoms with Gasteiger partial charge in [0.25, 0.3) is 0 Å². The molecule has 0 unspecified atom stereocenters. The van der Waals surface area contributed by atoms with Gasteiger partial charge in [-0.1, -0.05) is 168 Å². The Morgan fingerprint density at radius 2 is 0.721 bits per heavy atom. The van der Waals surface area contributed by atoms with Gasteiger partial charge in [-0.15, -0.1) is 0 Å². The highest BCUT2D eigenvalue weighted by Gasteiger charge is 2.26. The second kappa shape index (κ2) is 16.2. The Hall–Kier alpha value is -8.92. The van der Waals surface area contributed by atoms with Crippen LogP contribution >= 0.6 is 0 Å². The van der Waals surface area contributed by atoms with Crippen LogP contribution in [0.25, 0.3) is 111 Å². The first kappa shape index (κ1) is 40.6. The minimum absolute atomic E-state index is 0.489. The van der Waals surface area contributed by atoms with E-state index in [-0.39, 0.29) is 0 Å². The number of hydrogen-bond acceptors (Lipinski definition) is 4. The number of fused-ring (bicyclic) bond motifs is 6. The molecule has 0 aliphatic carbocycles. The number of aryl methyl sites for hydroxylation is 4. The number of benzene rings is 9. The molecule has 12 aromatic rings. The molecule has 0 N–H and O–H groups in total. The van der Waals surface area contributed by atoms with E-state index in [0.29, 0.717) is 23.0 Å². The normalized spacial score (nSPS) is 11.5. The number of hydrogen-bond donors (Lipinski definition) is 0. The van der Waals surface area contributed by atoms with Crippen molar-refractivity contribution in [1.82, 2.24) is 24.1 Å². The third kappa shape index (κ3) is 6.92. The van der Waals surface area contributed by atoms with Crippen LogP contribution in [0.1, 0.15) is 27.8 Å². The number of aromatic nitrogens is 5. The highest BCUT2D eigenvalue weighted by atomic mass is 15.1. The summed E-state index contributed by atoms with van der Waals surface area (Å²) < 4.78 is 4.60. The maximum Gasteiger partial charge on any atom is 0.168 e. The standard InChI is InChI=1S/C62H44N6/c1-38-27-39(2)30-47(29-38)45-23-25-55-51(35-45)49-19-11-13-21-53(49)67(55)57-33-42(37-63)34-58(59(57)62-65-60(43-15-7-5-8-16-43)64-61(66-62)44-17-9-6-10-18-44)68-54-22-14-12-20-50(54)52-36-46(24-26-56(52)68)48-31-40(3)28-41(4)32-48/h5-36H,1-4H3. The largest absolute Gasteiger partial charge is 0.308 e. The molecule has 322 valence electrons. The summed E-state index contributed by atoms with van der Waals surface area (Å²) in [6.07, 6.45) is 0. The Bertz CT molecular complexity index is 3730. The molecule has 3 aromatic heterocycles. The van der Waals surface area contributed by atoms with Gasteiger partial charge in [-0.2, -0.15) is 5.26 Å². The number of para-hydroxylation sites is 2. The zero-order chi connectivity index (χ0) is 46.0. The third-order valence-electron chi connectivity index (χ3n) is 13.1. The lowest BCUT2D eigenvalue weighted by molar-refractivity contribution is 1.05. The van der Waals surface area contributed by atoms with Crippen molar-refractivity contribution in [2.75, 3.05) is 0 Å². The summed E-state index contributed by atoms with van der Waals surface area (Å²) in [6.45, 7) is 8.60. The summed E-state index contributed by atoms with van der Waals surface area (Å²) >= 11 is 0. The van der Waals surface area contributed by atoms with Crippen molar-refractivity contribution in [3.63, 3.8) is 0 Å². The number of rotatable bonds is 7. The zero-order valence-corrected chi connectivity index (χ0v) is 38.2. The van der Waals surface area contributed by atoms with Gasteiger partial charge in [0.05, 0.1) is 50.6 Å². The van der Waals surface area contributed by atoms with E-state index in [4.69, 9.17) is 15.0 Å².